The zero-order chi connectivity index (χ0) is 17.9. The number of nitrogens with one attached hydrogen (secondary N) is 2. The molecule has 0 bridgehead atoms. The Kier molecular flexibility index (Phi) is 4.91. The maximum Gasteiger partial charge on any atom is 0.229 e. The summed E-state index contributed by atoms with van der Waals surface area (Å²) in [5, 5.41) is 0. The van der Waals surface area contributed by atoms with Crippen LogP contribution in [0.5, 0.6) is 0 Å². The highest BCUT2D eigenvalue weighted by Gasteiger charge is 2.37. The Bertz CT molecular complexity index is 756. The van der Waals surface area contributed by atoms with Crippen LogP contribution in [-0.2, 0) is 4.79 Å². The molecule has 2 fully saturated rings. The predicted octanol–water partition coefficient (Wildman–Crippen LogP) is 2.11. The van der Waals surface area contributed by atoms with E-state index < -0.39 is 0 Å². The largest absolute Gasteiger partial charge is 0.368 e. The van der Waals surface area contributed by atoms with Gasteiger partial charge < -0.3 is 9.80 Å². The van der Waals surface area contributed by atoms with Gasteiger partial charge in [-0.25, -0.2) is 5.43 Å². The Labute approximate surface area is 155 Å². The van der Waals surface area contributed by atoms with Crippen LogP contribution in [-0.4, -0.2) is 43.5 Å². The van der Waals surface area contributed by atoms with Crippen LogP contribution in [0.1, 0.15) is 17.2 Å². The number of rotatable bonds is 3. The fraction of sp³-hybridized carbons (Fsp3) is 0.381. The van der Waals surface area contributed by atoms with Crippen LogP contribution < -0.4 is 15.8 Å². The minimum absolute atomic E-state index is 0.0399. The molecule has 2 saturated heterocycles. The van der Waals surface area contributed by atoms with Gasteiger partial charge in [0.1, 0.15) is 0 Å². The molecule has 2 atom stereocenters. The van der Waals surface area contributed by atoms with Crippen molar-refractivity contribution in [3.63, 3.8) is 0 Å². The summed E-state index contributed by atoms with van der Waals surface area (Å²) < 4.78 is 0. The Balaban J connectivity index is 1.41. The molecule has 2 aliphatic heterocycles. The van der Waals surface area contributed by atoms with Crippen molar-refractivity contribution in [3.05, 3.63) is 65.7 Å². The molecule has 0 radical (unpaired) electrons. The number of para-hydroxylation sites is 1. The van der Waals surface area contributed by atoms with E-state index in [-0.39, 0.29) is 17.9 Å². The number of amides is 1. The van der Waals surface area contributed by atoms with Crippen LogP contribution in [0, 0.1) is 12.8 Å². The highest BCUT2D eigenvalue weighted by molar-refractivity contribution is 5.81. The van der Waals surface area contributed by atoms with Gasteiger partial charge in [0.2, 0.25) is 5.91 Å². The summed E-state index contributed by atoms with van der Waals surface area (Å²) in [7, 11) is 0. The lowest BCUT2D eigenvalue weighted by atomic mass is 9.93. The molecule has 4 rings (SSSR count). The number of aryl methyl sites for hydroxylation is 1. The van der Waals surface area contributed by atoms with E-state index in [1.54, 1.807) is 0 Å². The minimum Gasteiger partial charge on any atom is -0.368 e. The van der Waals surface area contributed by atoms with Crippen molar-refractivity contribution in [1.29, 1.82) is 0 Å². The van der Waals surface area contributed by atoms with Gasteiger partial charge in [-0.3, -0.25) is 10.2 Å². The summed E-state index contributed by atoms with van der Waals surface area (Å²) in [4.78, 5) is 17.5. The van der Waals surface area contributed by atoms with E-state index in [2.05, 4.69) is 59.1 Å². The normalized spacial score (nSPS) is 23.3. The summed E-state index contributed by atoms with van der Waals surface area (Å²) in [6.45, 7) is 6.17. The quantitative estimate of drug-likeness (QED) is 0.890. The standard InChI is InChI=1S/C21H26N4O/c1-16-7-5-6-10-19(16)24-11-13-25(14-12-24)21(26)18-15-22-23-20(18)17-8-3-2-4-9-17/h2-10,18,20,22-23H,11-15H2,1H3. The molecule has 0 spiro atoms. The number of carbonyl (C=O) groups is 1. The molecule has 2 aliphatic rings. The van der Waals surface area contributed by atoms with Gasteiger partial charge in [-0.1, -0.05) is 48.5 Å². The van der Waals surface area contributed by atoms with Crippen molar-refractivity contribution < 1.29 is 4.79 Å². The smallest absolute Gasteiger partial charge is 0.229 e. The average Bonchev–Trinajstić information content (AvgIpc) is 3.18. The average molecular weight is 350 g/mol. The van der Waals surface area contributed by atoms with Crippen molar-refractivity contribution in [2.75, 3.05) is 37.6 Å². The topological polar surface area (TPSA) is 47.6 Å². The first-order valence-corrected chi connectivity index (χ1v) is 9.37. The Hall–Kier alpha value is -2.37. The highest BCUT2D eigenvalue weighted by atomic mass is 16.2. The Morgan fingerprint density at radius 1 is 0.962 bits per heavy atom. The molecular formula is C21H26N4O. The fourth-order valence-corrected chi connectivity index (χ4v) is 4.02. The lowest BCUT2D eigenvalue weighted by Crippen LogP contribution is -2.51. The van der Waals surface area contributed by atoms with Crippen molar-refractivity contribution in [1.82, 2.24) is 15.8 Å². The van der Waals surface area contributed by atoms with Gasteiger partial charge in [-0.05, 0) is 24.1 Å². The maximum absolute atomic E-state index is 13.1. The Morgan fingerprint density at radius 2 is 1.65 bits per heavy atom. The van der Waals surface area contributed by atoms with E-state index in [1.165, 1.54) is 11.3 Å². The molecule has 136 valence electrons. The number of carbonyl (C=O) groups excluding carboxylic acids is 1. The third-order valence-electron chi connectivity index (χ3n) is 5.51. The van der Waals surface area contributed by atoms with Gasteiger partial charge in [0.25, 0.3) is 0 Å². The summed E-state index contributed by atoms with van der Waals surface area (Å²) in [5.41, 5.74) is 10.2. The van der Waals surface area contributed by atoms with E-state index in [0.717, 1.165) is 31.7 Å². The lowest BCUT2D eigenvalue weighted by Gasteiger charge is -2.38. The monoisotopic (exact) mass is 350 g/mol. The first-order valence-electron chi connectivity index (χ1n) is 9.37. The molecule has 0 aromatic heterocycles. The van der Waals surface area contributed by atoms with Crippen LogP contribution in [0.15, 0.2) is 54.6 Å². The third kappa shape index (κ3) is 3.32. The van der Waals surface area contributed by atoms with Crippen molar-refractivity contribution >= 4 is 11.6 Å². The van der Waals surface area contributed by atoms with E-state index in [4.69, 9.17) is 0 Å². The molecule has 26 heavy (non-hydrogen) atoms. The first kappa shape index (κ1) is 17.1. The molecule has 2 N–H and O–H groups in total. The van der Waals surface area contributed by atoms with E-state index >= 15 is 0 Å². The zero-order valence-electron chi connectivity index (χ0n) is 15.2. The van der Waals surface area contributed by atoms with Gasteiger partial charge in [0.05, 0.1) is 12.0 Å². The molecule has 2 aromatic rings. The van der Waals surface area contributed by atoms with Crippen LogP contribution >= 0.6 is 0 Å². The van der Waals surface area contributed by atoms with Crippen LogP contribution in [0.2, 0.25) is 0 Å². The fourth-order valence-electron chi connectivity index (χ4n) is 4.02. The zero-order valence-corrected chi connectivity index (χ0v) is 15.2. The third-order valence-corrected chi connectivity index (χ3v) is 5.51. The molecule has 0 saturated carbocycles. The second-order valence-electron chi connectivity index (χ2n) is 7.12. The molecule has 5 heteroatoms. The summed E-state index contributed by atoms with van der Waals surface area (Å²) in [6.07, 6.45) is 0. The van der Waals surface area contributed by atoms with Gasteiger partial charge in [-0.15, -0.1) is 0 Å². The van der Waals surface area contributed by atoms with Gasteiger partial charge in [0, 0.05) is 38.4 Å². The van der Waals surface area contributed by atoms with Crippen LogP contribution in [0.4, 0.5) is 5.69 Å². The SMILES string of the molecule is Cc1ccccc1N1CCN(C(=O)C2CNNC2c2ccccc2)CC1. The number of hydrogen-bond acceptors (Lipinski definition) is 4. The maximum atomic E-state index is 13.1. The highest BCUT2D eigenvalue weighted by Crippen LogP contribution is 2.27. The molecule has 5 nitrogen and oxygen atoms in total. The van der Waals surface area contributed by atoms with Crippen LogP contribution in [0.3, 0.4) is 0 Å². The Morgan fingerprint density at radius 3 is 2.38 bits per heavy atom. The van der Waals surface area contributed by atoms with Crippen molar-refractivity contribution in [2.45, 2.75) is 13.0 Å². The lowest BCUT2D eigenvalue weighted by molar-refractivity contribution is -0.135. The van der Waals surface area contributed by atoms with Crippen molar-refractivity contribution in [3.8, 4) is 0 Å². The number of hydrogen-bond donors (Lipinski definition) is 2. The second-order valence-corrected chi connectivity index (χ2v) is 7.12. The number of nitrogens with zero attached hydrogens (tertiary/aromatic N) is 2. The first-order chi connectivity index (χ1) is 12.7. The molecule has 2 aromatic carbocycles. The molecule has 1 amide bonds. The molecular weight excluding hydrogens is 324 g/mol. The number of benzene rings is 2. The molecule has 0 aliphatic carbocycles. The summed E-state index contributed by atoms with van der Waals surface area (Å²) in [5.74, 6) is 0.197. The van der Waals surface area contributed by atoms with Gasteiger partial charge in [-0.2, -0.15) is 0 Å². The van der Waals surface area contributed by atoms with E-state index in [9.17, 15) is 4.79 Å². The molecule has 2 unspecified atom stereocenters. The number of hydrazine groups is 1. The van der Waals surface area contributed by atoms with Gasteiger partial charge in [0.15, 0.2) is 0 Å². The summed E-state index contributed by atoms with van der Waals surface area (Å²) in [6, 6.07) is 18.7. The molecule has 2 heterocycles. The van der Waals surface area contributed by atoms with Crippen molar-refractivity contribution in [2.24, 2.45) is 5.92 Å². The second kappa shape index (κ2) is 7.48. The van der Waals surface area contributed by atoms with Crippen LogP contribution in [0.25, 0.3) is 0 Å². The number of anilines is 1. The number of piperazine rings is 1. The van der Waals surface area contributed by atoms with E-state index in [0.29, 0.717) is 6.54 Å². The summed E-state index contributed by atoms with van der Waals surface area (Å²) >= 11 is 0. The minimum atomic E-state index is -0.0533. The predicted molar refractivity (Wildman–Crippen MR) is 104 cm³/mol. The van der Waals surface area contributed by atoms with Gasteiger partial charge >= 0.3 is 0 Å². The van der Waals surface area contributed by atoms with E-state index in [1.807, 2.05) is 23.1 Å².